The minimum atomic E-state index is -0.491. The first kappa shape index (κ1) is 17.1. The van der Waals surface area contributed by atoms with Gasteiger partial charge in [-0.3, -0.25) is 4.79 Å². The van der Waals surface area contributed by atoms with Crippen molar-refractivity contribution < 1.29 is 9.53 Å². The first-order valence-electron chi connectivity index (χ1n) is 8.10. The van der Waals surface area contributed by atoms with E-state index >= 15 is 0 Å². The molecule has 3 rings (SSSR count). The highest BCUT2D eigenvalue weighted by Gasteiger charge is 2.30. The number of carbonyl (C=O) groups excluding carboxylic acids is 1. The molecule has 2 aromatic carbocycles. The second-order valence-corrected chi connectivity index (χ2v) is 6.96. The Morgan fingerprint density at radius 1 is 1.21 bits per heavy atom. The molecular weight excluding hydrogens is 368 g/mol. The Morgan fingerprint density at radius 2 is 1.92 bits per heavy atom. The molecule has 1 saturated heterocycles. The lowest BCUT2D eigenvalue weighted by molar-refractivity contribution is -0.120. The first-order chi connectivity index (χ1) is 11.6. The molecule has 3 N–H and O–H groups in total. The minimum Gasteiger partial charge on any atom is -0.373 e. The largest absolute Gasteiger partial charge is 0.373 e. The number of rotatable bonds is 6. The molecular formula is C19H21BrN2O2. The molecule has 0 spiro atoms. The van der Waals surface area contributed by atoms with Gasteiger partial charge in [-0.1, -0.05) is 58.4 Å². The van der Waals surface area contributed by atoms with E-state index in [-0.39, 0.29) is 12.0 Å². The van der Waals surface area contributed by atoms with Crippen molar-refractivity contribution >= 4 is 21.8 Å². The number of hydrogen-bond acceptors (Lipinski definition) is 3. The van der Waals surface area contributed by atoms with Crippen LogP contribution in [0.4, 0.5) is 0 Å². The van der Waals surface area contributed by atoms with E-state index in [1.54, 1.807) is 0 Å². The predicted molar refractivity (Wildman–Crippen MR) is 97.3 cm³/mol. The van der Waals surface area contributed by atoms with Crippen LogP contribution < -0.4 is 11.1 Å². The lowest BCUT2D eigenvalue weighted by Crippen LogP contribution is -2.37. The second kappa shape index (κ2) is 7.92. The van der Waals surface area contributed by atoms with Crippen LogP contribution in [-0.2, 0) is 9.53 Å². The van der Waals surface area contributed by atoms with Crippen LogP contribution in [0.2, 0.25) is 0 Å². The van der Waals surface area contributed by atoms with Gasteiger partial charge in [0.25, 0.3) is 0 Å². The molecule has 0 aliphatic carbocycles. The van der Waals surface area contributed by atoms with Gasteiger partial charge in [0.2, 0.25) is 5.91 Å². The number of halogens is 1. The van der Waals surface area contributed by atoms with Gasteiger partial charge in [0.15, 0.2) is 0 Å². The van der Waals surface area contributed by atoms with Gasteiger partial charge in [0.1, 0.15) is 6.04 Å². The molecule has 3 atom stereocenters. The summed E-state index contributed by atoms with van der Waals surface area (Å²) in [6.45, 7) is 1.43. The molecule has 1 amide bonds. The summed E-state index contributed by atoms with van der Waals surface area (Å²) in [7, 11) is 0. The number of nitrogens with one attached hydrogen (secondary N) is 1. The van der Waals surface area contributed by atoms with Gasteiger partial charge in [-0.25, -0.2) is 0 Å². The van der Waals surface area contributed by atoms with E-state index in [4.69, 9.17) is 10.5 Å². The highest BCUT2D eigenvalue weighted by Crippen LogP contribution is 2.34. The van der Waals surface area contributed by atoms with E-state index in [0.29, 0.717) is 12.5 Å². The molecule has 0 unspecified atom stereocenters. The average Bonchev–Trinajstić information content (AvgIpc) is 3.06. The fourth-order valence-corrected chi connectivity index (χ4v) is 3.43. The standard InChI is InChI=1S/C19H21BrN2O2/c20-16-8-6-13(7-9-16)17(19(21)23)22-12-15-10-11-24-18(15)14-4-2-1-3-5-14/h1-9,15,17-18,22H,10-12H2,(H2,21,23)/t15-,17-,18-/m1/s1. The number of ether oxygens (including phenoxy) is 1. The number of hydrogen-bond donors (Lipinski definition) is 2. The third kappa shape index (κ3) is 4.04. The number of primary amides is 1. The van der Waals surface area contributed by atoms with Gasteiger partial charge in [-0.05, 0) is 29.7 Å². The summed E-state index contributed by atoms with van der Waals surface area (Å²) in [6, 6.07) is 17.4. The Kier molecular flexibility index (Phi) is 5.66. The quantitative estimate of drug-likeness (QED) is 0.797. The Labute approximate surface area is 150 Å². The monoisotopic (exact) mass is 388 g/mol. The zero-order valence-electron chi connectivity index (χ0n) is 13.3. The van der Waals surface area contributed by atoms with Crippen molar-refractivity contribution in [2.24, 2.45) is 11.7 Å². The van der Waals surface area contributed by atoms with Crippen molar-refractivity contribution in [3.05, 3.63) is 70.2 Å². The molecule has 24 heavy (non-hydrogen) atoms. The summed E-state index contributed by atoms with van der Waals surface area (Å²) in [5.41, 5.74) is 7.65. The van der Waals surface area contributed by atoms with Crippen LogP contribution in [0, 0.1) is 5.92 Å². The Morgan fingerprint density at radius 3 is 2.58 bits per heavy atom. The highest BCUT2D eigenvalue weighted by molar-refractivity contribution is 9.10. The van der Waals surface area contributed by atoms with E-state index in [0.717, 1.165) is 23.1 Å². The van der Waals surface area contributed by atoms with Crippen LogP contribution in [-0.4, -0.2) is 19.1 Å². The van der Waals surface area contributed by atoms with Crippen LogP contribution >= 0.6 is 15.9 Å². The van der Waals surface area contributed by atoms with E-state index in [9.17, 15) is 4.79 Å². The third-order valence-electron chi connectivity index (χ3n) is 4.41. The molecule has 1 fully saturated rings. The zero-order valence-corrected chi connectivity index (χ0v) is 14.9. The van der Waals surface area contributed by atoms with Crippen LogP contribution in [0.15, 0.2) is 59.1 Å². The lowest BCUT2D eigenvalue weighted by Gasteiger charge is -2.22. The summed E-state index contributed by atoms with van der Waals surface area (Å²) in [6.07, 6.45) is 1.04. The van der Waals surface area contributed by atoms with Gasteiger partial charge < -0.3 is 15.8 Å². The topological polar surface area (TPSA) is 64.4 Å². The average molecular weight is 389 g/mol. The molecule has 1 aliphatic heterocycles. The van der Waals surface area contributed by atoms with E-state index in [1.807, 2.05) is 42.5 Å². The minimum absolute atomic E-state index is 0.0668. The SMILES string of the molecule is NC(=O)[C@H](NC[C@H]1CCO[C@@H]1c1ccccc1)c1ccc(Br)cc1. The summed E-state index contributed by atoms with van der Waals surface area (Å²) >= 11 is 3.41. The summed E-state index contributed by atoms with van der Waals surface area (Å²) < 4.78 is 6.88. The first-order valence-corrected chi connectivity index (χ1v) is 8.89. The van der Waals surface area contributed by atoms with Gasteiger partial charge >= 0.3 is 0 Å². The Hall–Kier alpha value is -1.69. The number of amides is 1. The van der Waals surface area contributed by atoms with Crippen molar-refractivity contribution in [1.82, 2.24) is 5.32 Å². The molecule has 1 aliphatic rings. The maximum absolute atomic E-state index is 11.9. The molecule has 0 saturated carbocycles. The van der Waals surface area contributed by atoms with Gasteiger partial charge in [-0.15, -0.1) is 0 Å². The zero-order chi connectivity index (χ0) is 16.9. The van der Waals surface area contributed by atoms with Crippen LogP contribution in [0.5, 0.6) is 0 Å². The van der Waals surface area contributed by atoms with E-state index in [2.05, 4.69) is 33.4 Å². The fraction of sp³-hybridized carbons (Fsp3) is 0.316. The molecule has 0 aromatic heterocycles. The number of nitrogens with two attached hydrogens (primary N) is 1. The molecule has 126 valence electrons. The third-order valence-corrected chi connectivity index (χ3v) is 4.94. The van der Waals surface area contributed by atoms with Crippen LogP contribution in [0.1, 0.15) is 29.7 Å². The molecule has 4 nitrogen and oxygen atoms in total. The normalized spacial score (nSPS) is 21.5. The van der Waals surface area contributed by atoms with Gasteiger partial charge in [0.05, 0.1) is 6.10 Å². The van der Waals surface area contributed by atoms with Crippen molar-refractivity contribution in [3.63, 3.8) is 0 Å². The summed E-state index contributed by atoms with van der Waals surface area (Å²) in [4.78, 5) is 11.9. The highest BCUT2D eigenvalue weighted by atomic mass is 79.9. The maximum atomic E-state index is 11.9. The smallest absolute Gasteiger partial charge is 0.239 e. The summed E-state index contributed by atoms with van der Waals surface area (Å²) in [5.74, 6) is -0.0443. The number of carbonyl (C=O) groups is 1. The fourth-order valence-electron chi connectivity index (χ4n) is 3.16. The molecule has 0 bridgehead atoms. The Balaban J connectivity index is 1.68. The van der Waals surface area contributed by atoms with Gasteiger partial charge in [0, 0.05) is 23.5 Å². The summed E-state index contributed by atoms with van der Waals surface area (Å²) in [5, 5.41) is 3.33. The molecule has 2 aromatic rings. The number of benzene rings is 2. The Bertz CT molecular complexity index is 676. The van der Waals surface area contributed by atoms with Crippen molar-refractivity contribution in [2.45, 2.75) is 18.6 Å². The van der Waals surface area contributed by atoms with Crippen molar-refractivity contribution in [2.75, 3.05) is 13.2 Å². The van der Waals surface area contributed by atoms with E-state index < -0.39 is 6.04 Å². The molecule has 1 heterocycles. The van der Waals surface area contributed by atoms with Crippen molar-refractivity contribution in [3.8, 4) is 0 Å². The van der Waals surface area contributed by atoms with Crippen molar-refractivity contribution in [1.29, 1.82) is 0 Å². The molecule has 0 radical (unpaired) electrons. The predicted octanol–water partition coefficient (Wildman–Crippen LogP) is 3.34. The van der Waals surface area contributed by atoms with Gasteiger partial charge in [-0.2, -0.15) is 0 Å². The lowest BCUT2D eigenvalue weighted by atomic mass is 9.94. The van der Waals surface area contributed by atoms with Crippen LogP contribution in [0.25, 0.3) is 0 Å². The molecule has 5 heteroatoms. The van der Waals surface area contributed by atoms with Crippen LogP contribution in [0.3, 0.4) is 0 Å². The second-order valence-electron chi connectivity index (χ2n) is 6.05. The van der Waals surface area contributed by atoms with E-state index in [1.165, 1.54) is 5.56 Å². The maximum Gasteiger partial charge on any atom is 0.239 e.